The number of nitrogens with two attached hydrogens (primary N) is 1. The van der Waals surface area contributed by atoms with Gasteiger partial charge in [-0.25, -0.2) is 0 Å². The van der Waals surface area contributed by atoms with Crippen molar-refractivity contribution in [1.82, 2.24) is 4.90 Å². The molecule has 28 heavy (non-hydrogen) atoms. The highest BCUT2D eigenvalue weighted by molar-refractivity contribution is 14.0. The molecule has 3 N–H and O–H groups in total. The first kappa shape index (κ1) is 22.9. The van der Waals surface area contributed by atoms with E-state index < -0.39 is 0 Å². The minimum atomic E-state index is 0. The van der Waals surface area contributed by atoms with Gasteiger partial charge in [-0.1, -0.05) is 35.9 Å². The molecule has 1 atom stereocenters. The molecule has 1 unspecified atom stereocenters. The van der Waals surface area contributed by atoms with Crippen molar-refractivity contribution < 1.29 is 4.74 Å². The molecule has 0 amide bonds. The number of aliphatic imine (C=N–C) groups is 1. The third-order valence-corrected chi connectivity index (χ3v) is 5.31. The van der Waals surface area contributed by atoms with Crippen LogP contribution in [0, 0.1) is 13.8 Å². The Kier molecular flexibility index (Phi) is 9.01. The molecule has 1 aliphatic rings. The van der Waals surface area contributed by atoms with E-state index in [2.05, 4.69) is 47.3 Å². The molecule has 0 radical (unpaired) electrons. The van der Waals surface area contributed by atoms with E-state index in [9.17, 15) is 0 Å². The van der Waals surface area contributed by atoms with Crippen LogP contribution in [0.2, 0.25) is 5.02 Å². The zero-order chi connectivity index (χ0) is 19.2. The highest BCUT2D eigenvalue weighted by atomic mass is 127. The summed E-state index contributed by atoms with van der Waals surface area (Å²) in [4.78, 5) is 6.97. The number of guanidine groups is 1. The maximum absolute atomic E-state index is 6.46. The van der Waals surface area contributed by atoms with Crippen LogP contribution < -0.4 is 11.1 Å². The molecule has 0 spiro atoms. The fraction of sp³-hybridized carbons (Fsp3) is 0.381. The van der Waals surface area contributed by atoms with Gasteiger partial charge in [0.25, 0.3) is 0 Å². The number of aryl methyl sites for hydroxylation is 2. The Morgan fingerprint density at radius 1 is 1.18 bits per heavy atom. The van der Waals surface area contributed by atoms with Crippen LogP contribution in [-0.2, 0) is 4.74 Å². The lowest BCUT2D eigenvalue weighted by atomic mass is 10.0. The van der Waals surface area contributed by atoms with Gasteiger partial charge in [0.2, 0.25) is 0 Å². The maximum Gasteiger partial charge on any atom is 0.193 e. The molecule has 3 rings (SSSR count). The second-order valence-corrected chi connectivity index (χ2v) is 7.24. The molecule has 152 valence electrons. The van der Waals surface area contributed by atoms with Crippen LogP contribution in [0.3, 0.4) is 0 Å². The summed E-state index contributed by atoms with van der Waals surface area (Å²) in [5.41, 5.74) is 10.6. The number of benzene rings is 2. The van der Waals surface area contributed by atoms with E-state index >= 15 is 0 Å². The number of hydrogen-bond donors (Lipinski definition) is 2. The third kappa shape index (κ3) is 6.07. The van der Waals surface area contributed by atoms with E-state index in [1.54, 1.807) is 0 Å². The molecule has 0 bridgehead atoms. The predicted octanol–water partition coefficient (Wildman–Crippen LogP) is 4.37. The fourth-order valence-electron chi connectivity index (χ4n) is 3.24. The Hall–Kier alpha value is -1.35. The van der Waals surface area contributed by atoms with Gasteiger partial charge in [-0.3, -0.25) is 9.89 Å². The van der Waals surface area contributed by atoms with Crippen molar-refractivity contribution in [3.63, 3.8) is 0 Å². The molecule has 1 heterocycles. The third-order valence-electron chi connectivity index (χ3n) is 4.96. The van der Waals surface area contributed by atoms with Crippen LogP contribution in [0.5, 0.6) is 0 Å². The predicted molar refractivity (Wildman–Crippen MR) is 128 cm³/mol. The summed E-state index contributed by atoms with van der Waals surface area (Å²) >= 11 is 6.46. The van der Waals surface area contributed by atoms with Gasteiger partial charge in [0, 0.05) is 23.8 Å². The van der Waals surface area contributed by atoms with Crippen molar-refractivity contribution in [2.75, 3.05) is 38.2 Å². The van der Waals surface area contributed by atoms with E-state index in [4.69, 9.17) is 22.1 Å². The zero-order valence-electron chi connectivity index (χ0n) is 16.3. The minimum absolute atomic E-state index is 0. The lowest BCUT2D eigenvalue weighted by Crippen LogP contribution is -2.40. The molecule has 2 aromatic rings. The van der Waals surface area contributed by atoms with Crippen molar-refractivity contribution in [1.29, 1.82) is 0 Å². The SMILES string of the molecule is Cc1ccc(NC(N)=NCC(c2ccccc2Cl)N2CCOCC2)cc1C.I. The molecule has 0 aromatic heterocycles. The summed E-state index contributed by atoms with van der Waals surface area (Å²) in [5, 5.41) is 3.94. The smallest absolute Gasteiger partial charge is 0.193 e. The zero-order valence-corrected chi connectivity index (χ0v) is 19.4. The number of nitrogens with one attached hydrogen (secondary N) is 1. The fourth-order valence-corrected chi connectivity index (χ4v) is 3.50. The molecule has 7 heteroatoms. The van der Waals surface area contributed by atoms with Crippen molar-refractivity contribution in [2.24, 2.45) is 10.7 Å². The van der Waals surface area contributed by atoms with Gasteiger partial charge in [-0.05, 0) is 48.7 Å². The molecule has 0 saturated carbocycles. The molecule has 1 fully saturated rings. The molecule has 1 aliphatic heterocycles. The average Bonchev–Trinajstić information content (AvgIpc) is 2.67. The summed E-state index contributed by atoms with van der Waals surface area (Å²) in [6.07, 6.45) is 0. The van der Waals surface area contributed by atoms with E-state index in [1.165, 1.54) is 11.1 Å². The second-order valence-electron chi connectivity index (χ2n) is 6.84. The summed E-state index contributed by atoms with van der Waals surface area (Å²) < 4.78 is 5.49. The lowest BCUT2D eigenvalue weighted by Gasteiger charge is -2.34. The normalized spacial score (nSPS) is 16.3. The summed E-state index contributed by atoms with van der Waals surface area (Å²) in [6, 6.07) is 14.2. The highest BCUT2D eigenvalue weighted by Gasteiger charge is 2.24. The number of nitrogens with zero attached hydrogens (tertiary/aromatic N) is 2. The Balaban J connectivity index is 0.00000280. The van der Waals surface area contributed by atoms with E-state index in [0.717, 1.165) is 42.6 Å². The number of anilines is 1. The molecule has 1 saturated heterocycles. The van der Waals surface area contributed by atoms with Gasteiger partial charge in [-0.2, -0.15) is 0 Å². The molecule has 5 nitrogen and oxygen atoms in total. The Bertz CT molecular complexity index is 809. The van der Waals surface area contributed by atoms with Crippen molar-refractivity contribution in [3.8, 4) is 0 Å². The first-order chi connectivity index (χ1) is 13.0. The maximum atomic E-state index is 6.46. The van der Waals surface area contributed by atoms with Gasteiger partial charge in [-0.15, -0.1) is 24.0 Å². The van der Waals surface area contributed by atoms with Crippen molar-refractivity contribution in [3.05, 3.63) is 64.2 Å². The summed E-state index contributed by atoms with van der Waals surface area (Å²) in [6.45, 7) is 7.87. The number of ether oxygens (including phenoxy) is 1. The monoisotopic (exact) mass is 514 g/mol. The Morgan fingerprint density at radius 3 is 2.57 bits per heavy atom. The van der Waals surface area contributed by atoms with Gasteiger partial charge in [0.1, 0.15) is 0 Å². The lowest BCUT2D eigenvalue weighted by molar-refractivity contribution is 0.0180. The van der Waals surface area contributed by atoms with Gasteiger partial charge < -0.3 is 15.8 Å². The summed E-state index contributed by atoms with van der Waals surface area (Å²) in [7, 11) is 0. The average molecular weight is 515 g/mol. The number of hydrogen-bond acceptors (Lipinski definition) is 3. The molecule has 2 aromatic carbocycles. The van der Waals surface area contributed by atoms with E-state index in [1.807, 2.05) is 24.3 Å². The second kappa shape index (κ2) is 11.0. The van der Waals surface area contributed by atoms with Crippen LogP contribution in [0.25, 0.3) is 0 Å². The van der Waals surface area contributed by atoms with E-state index in [0.29, 0.717) is 12.5 Å². The molecular formula is C21H28ClIN4O. The van der Waals surface area contributed by atoms with E-state index in [-0.39, 0.29) is 30.0 Å². The van der Waals surface area contributed by atoms with Crippen LogP contribution in [0.1, 0.15) is 22.7 Å². The largest absolute Gasteiger partial charge is 0.379 e. The van der Waals surface area contributed by atoms with Crippen LogP contribution in [-0.4, -0.2) is 43.7 Å². The Morgan fingerprint density at radius 2 is 1.89 bits per heavy atom. The quantitative estimate of drug-likeness (QED) is 0.353. The number of halogens is 2. The molecule has 0 aliphatic carbocycles. The standard InChI is InChI=1S/C21H27ClN4O.HI/c1-15-7-8-17(13-16(15)2)25-21(23)24-14-20(26-9-11-27-12-10-26)18-5-3-4-6-19(18)22;/h3-8,13,20H,9-12,14H2,1-2H3,(H3,23,24,25);1H. The van der Waals surface area contributed by atoms with Crippen LogP contribution >= 0.6 is 35.6 Å². The first-order valence-electron chi connectivity index (χ1n) is 9.25. The highest BCUT2D eigenvalue weighted by Crippen LogP contribution is 2.28. The topological polar surface area (TPSA) is 62.9 Å². The van der Waals surface area contributed by atoms with Gasteiger partial charge in [0.15, 0.2) is 5.96 Å². The van der Waals surface area contributed by atoms with Gasteiger partial charge in [0.05, 0.1) is 25.8 Å². The number of morpholine rings is 1. The van der Waals surface area contributed by atoms with Crippen molar-refractivity contribution in [2.45, 2.75) is 19.9 Å². The minimum Gasteiger partial charge on any atom is -0.379 e. The Labute approximate surface area is 189 Å². The summed E-state index contributed by atoms with van der Waals surface area (Å²) in [5.74, 6) is 0.406. The number of rotatable bonds is 5. The molecular weight excluding hydrogens is 487 g/mol. The van der Waals surface area contributed by atoms with Crippen LogP contribution in [0.4, 0.5) is 5.69 Å². The van der Waals surface area contributed by atoms with Crippen molar-refractivity contribution >= 4 is 47.2 Å². The van der Waals surface area contributed by atoms with Gasteiger partial charge >= 0.3 is 0 Å². The van der Waals surface area contributed by atoms with Crippen LogP contribution in [0.15, 0.2) is 47.5 Å². The first-order valence-corrected chi connectivity index (χ1v) is 9.63.